The number of halogens is 1. The Hall–Kier alpha value is -1.62. The van der Waals surface area contributed by atoms with E-state index >= 15 is 0 Å². The van der Waals surface area contributed by atoms with Crippen molar-refractivity contribution in [2.45, 2.75) is 0 Å². The summed E-state index contributed by atoms with van der Waals surface area (Å²) in [6, 6.07) is 7.49. The van der Waals surface area contributed by atoms with Gasteiger partial charge in [0.15, 0.2) is 0 Å². The Morgan fingerprint density at radius 1 is 1.20 bits per heavy atom. The highest BCUT2D eigenvalue weighted by Crippen LogP contribution is 2.27. The molecule has 0 atom stereocenters. The molecule has 0 radical (unpaired) electrons. The van der Waals surface area contributed by atoms with Crippen molar-refractivity contribution < 1.29 is 4.74 Å². The van der Waals surface area contributed by atoms with Gasteiger partial charge in [-0.1, -0.05) is 12.1 Å². The van der Waals surface area contributed by atoms with Crippen LogP contribution in [0.15, 0.2) is 41.1 Å². The van der Waals surface area contributed by atoms with E-state index < -0.39 is 0 Å². The number of para-hydroxylation sites is 1. The van der Waals surface area contributed by atoms with E-state index in [-0.39, 0.29) is 0 Å². The number of ether oxygens (including phenoxy) is 1. The van der Waals surface area contributed by atoms with Gasteiger partial charge in [-0.15, -0.1) is 0 Å². The van der Waals surface area contributed by atoms with Crippen LogP contribution in [0.3, 0.4) is 0 Å². The highest BCUT2D eigenvalue weighted by atomic mass is 79.9. The molecular formula is C10H8BrN3O. The quantitative estimate of drug-likeness (QED) is 0.907. The SMILES string of the molecule is Nc1cncc(Oc2ccccc2Br)n1. The number of nitrogens with zero attached hydrogens (tertiary/aromatic N) is 2. The number of nitrogen functional groups attached to an aromatic ring is 1. The van der Waals surface area contributed by atoms with Gasteiger partial charge >= 0.3 is 0 Å². The summed E-state index contributed by atoms with van der Waals surface area (Å²) in [6.45, 7) is 0. The van der Waals surface area contributed by atoms with Crippen molar-refractivity contribution in [3.63, 3.8) is 0 Å². The van der Waals surface area contributed by atoms with Gasteiger partial charge in [0, 0.05) is 0 Å². The van der Waals surface area contributed by atoms with Crippen LogP contribution in [0, 0.1) is 0 Å². The molecule has 0 aliphatic carbocycles. The van der Waals surface area contributed by atoms with Crippen LogP contribution in [-0.4, -0.2) is 9.97 Å². The lowest BCUT2D eigenvalue weighted by molar-refractivity contribution is 0.458. The number of rotatable bonds is 2. The van der Waals surface area contributed by atoms with Crippen LogP contribution in [0.5, 0.6) is 11.6 Å². The Morgan fingerprint density at radius 2 is 2.00 bits per heavy atom. The van der Waals surface area contributed by atoms with Crippen molar-refractivity contribution in [2.24, 2.45) is 0 Å². The minimum absolute atomic E-state index is 0.333. The number of aromatic nitrogens is 2. The first-order valence-electron chi connectivity index (χ1n) is 4.25. The molecule has 2 aromatic rings. The second kappa shape index (κ2) is 4.27. The number of anilines is 1. The predicted molar refractivity (Wildman–Crippen MR) is 60.7 cm³/mol. The topological polar surface area (TPSA) is 61.0 Å². The van der Waals surface area contributed by atoms with Crippen LogP contribution < -0.4 is 10.5 Å². The van der Waals surface area contributed by atoms with Gasteiger partial charge in [0.05, 0.1) is 16.9 Å². The van der Waals surface area contributed by atoms with Gasteiger partial charge in [0.25, 0.3) is 0 Å². The van der Waals surface area contributed by atoms with E-state index in [0.717, 1.165) is 4.47 Å². The molecule has 0 aliphatic rings. The Labute approximate surface area is 95.2 Å². The van der Waals surface area contributed by atoms with Gasteiger partial charge in [-0.05, 0) is 28.1 Å². The Kier molecular flexibility index (Phi) is 2.82. The lowest BCUT2D eigenvalue weighted by Gasteiger charge is -2.05. The first-order valence-corrected chi connectivity index (χ1v) is 5.05. The zero-order valence-electron chi connectivity index (χ0n) is 7.72. The average Bonchev–Trinajstić information content (AvgIpc) is 2.22. The Bertz CT molecular complexity index is 476. The summed E-state index contributed by atoms with van der Waals surface area (Å²) in [4.78, 5) is 7.86. The molecule has 15 heavy (non-hydrogen) atoms. The number of nitrogens with two attached hydrogens (primary N) is 1. The fourth-order valence-corrected chi connectivity index (χ4v) is 1.42. The van der Waals surface area contributed by atoms with Crippen LogP contribution in [0.25, 0.3) is 0 Å². The molecule has 0 saturated heterocycles. The maximum absolute atomic E-state index is 5.49. The van der Waals surface area contributed by atoms with Gasteiger partial charge in [0.1, 0.15) is 11.6 Å². The largest absolute Gasteiger partial charge is 0.436 e. The fraction of sp³-hybridized carbons (Fsp3) is 0. The second-order valence-electron chi connectivity index (χ2n) is 2.81. The molecule has 0 fully saturated rings. The standard InChI is InChI=1S/C10H8BrN3O/c11-7-3-1-2-4-8(7)15-10-6-13-5-9(12)14-10/h1-6H,(H2,12,14). The van der Waals surface area contributed by atoms with Crippen molar-refractivity contribution in [2.75, 3.05) is 5.73 Å². The van der Waals surface area contributed by atoms with E-state index in [0.29, 0.717) is 17.4 Å². The van der Waals surface area contributed by atoms with Crippen LogP contribution in [0.1, 0.15) is 0 Å². The molecule has 0 aliphatic heterocycles. The molecule has 2 rings (SSSR count). The molecule has 0 spiro atoms. The van der Waals surface area contributed by atoms with Crippen molar-refractivity contribution >= 4 is 21.7 Å². The number of hydrogen-bond acceptors (Lipinski definition) is 4. The van der Waals surface area contributed by atoms with Gasteiger partial charge in [0.2, 0.25) is 5.88 Å². The van der Waals surface area contributed by atoms with Crippen molar-refractivity contribution in [3.05, 3.63) is 41.1 Å². The minimum atomic E-state index is 0.333. The monoisotopic (exact) mass is 265 g/mol. The van der Waals surface area contributed by atoms with E-state index in [1.54, 1.807) is 0 Å². The zero-order valence-corrected chi connectivity index (χ0v) is 9.31. The molecule has 76 valence electrons. The summed E-state index contributed by atoms with van der Waals surface area (Å²) in [6.07, 6.45) is 2.97. The van der Waals surface area contributed by atoms with Crippen molar-refractivity contribution in [1.82, 2.24) is 9.97 Å². The van der Waals surface area contributed by atoms with E-state index in [2.05, 4.69) is 25.9 Å². The van der Waals surface area contributed by atoms with Crippen LogP contribution >= 0.6 is 15.9 Å². The van der Waals surface area contributed by atoms with E-state index in [1.165, 1.54) is 12.4 Å². The molecule has 1 heterocycles. The molecular weight excluding hydrogens is 258 g/mol. The first-order chi connectivity index (χ1) is 7.25. The smallest absolute Gasteiger partial charge is 0.239 e. The molecule has 2 N–H and O–H groups in total. The molecule has 0 bridgehead atoms. The fourth-order valence-electron chi connectivity index (χ4n) is 1.05. The zero-order chi connectivity index (χ0) is 10.7. The second-order valence-corrected chi connectivity index (χ2v) is 3.67. The maximum Gasteiger partial charge on any atom is 0.239 e. The summed E-state index contributed by atoms with van der Waals surface area (Å²) in [5, 5.41) is 0. The van der Waals surface area contributed by atoms with Crippen LogP contribution in [0.4, 0.5) is 5.82 Å². The summed E-state index contributed by atoms with van der Waals surface area (Å²) >= 11 is 3.37. The average molecular weight is 266 g/mol. The van der Waals surface area contributed by atoms with Gasteiger partial charge < -0.3 is 10.5 Å². The van der Waals surface area contributed by atoms with E-state index in [1.807, 2.05) is 24.3 Å². The van der Waals surface area contributed by atoms with Gasteiger partial charge in [-0.3, -0.25) is 4.98 Å². The van der Waals surface area contributed by atoms with Crippen LogP contribution in [0.2, 0.25) is 0 Å². The van der Waals surface area contributed by atoms with Crippen LogP contribution in [-0.2, 0) is 0 Å². The van der Waals surface area contributed by atoms with Crippen molar-refractivity contribution in [3.8, 4) is 11.6 Å². The maximum atomic E-state index is 5.49. The summed E-state index contributed by atoms with van der Waals surface area (Å²) < 4.78 is 6.35. The molecule has 0 saturated carbocycles. The summed E-state index contributed by atoms with van der Waals surface area (Å²) in [5.41, 5.74) is 5.48. The molecule has 0 unspecified atom stereocenters. The highest BCUT2D eigenvalue weighted by molar-refractivity contribution is 9.10. The number of benzene rings is 1. The normalized spacial score (nSPS) is 9.93. The first kappa shape index (κ1) is 9.92. The third kappa shape index (κ3) is 2.44. The van der Waals surface area contributed by atoms with E-state index in [4.69, 9.17) is 10.5 Å². The molecule has 0 amide bonds. The van der Waals surface area contributed by atoms with Crippen molar-refractivity contribution in [1.29, 1.82) is 0 Å². The summed E-state index contributed by atoms with van der Waals surface area (Å²) in [5.74, 6) is 1.39. The van der Waals surface area contributed by atoms with Gasteiger partial charge in [-0.25, -0.2) is 0 Å². The Morgan fingerprint density at radius 3 is 2.73 bits per heavy atom. The molecule has 4 nitrogen and oxygen atoms in total. The highest BCUT2D eigenvalue weighted by Gasteiger charge is 2.02. The molecule has 5 heteroatoms. The summed E-state index contributed by atoms with van der Waals surface area (Å²) in [7, 11) is 0. The predicted octanol–water partition coefficient (Wildman–Crippen LogP) is 2.61. The van der Waals surface area contributed by atoms with E-state index in [9.17, 15) is 0 Å². The molecule has 1 aromatic heterocycles. The third-order valence-corrected chi connectivity index (χ3v) is 2.34. The Balaban J connectivity index is 2.26. The lowest BCUT2D eigenvalue weighted by Crippen LogP contribution is -1.94. The molecule has 1 aromatic carbocycles. The lowest BCUT2D eigenvalue weighted by atomic mass is 10.3. The minimum Gasteiger partial charge on any atom is -0.436 e. The van der Waals surface area contributed by atoms with Gasteiger partial charge in [-0.2, -0.15) is 4.98 Å². The third-order valence-electron chi connectivity index (χ3n) is 1.68. The number of hydrogen-bond donors (Lipinski definition) is 1.